The van der Waals surface area contributed by atoms with Crippen LogP contribution < -0.4 is 16.2 Å². The number of carbonyl (C=O) groups is 1. The number of hydrazine groups is 1. The van der Waals surface area contributed by atoms with Gasteiger partial charge in [-0.15, -0.1) is 0 Å². The molecule has 1 saturated heterocycles. The molecule has 2 atom stereocenters. The number of phenols is 1. The summed E-state index contributed by atoms with van der Waals surface area (Å²) >= 11 is 0. The number of nitrogens with one attached hydrogen (secondary N) is 3. The third-order valence-corrected chi connectivity index (χ3v) is 5.56. The summed E-state index contributed by atoms with van der Waals surface area (Å²) in [6.45, 7) is 2.12. The van der Waals surface area contributed by atoms with Gasteiger partial charge in [-0.3, -0.25) is 4.79 Å². The molecule has 4 N–H and O–H groups in total. The second-order valence-corrected chi connectivity index (χ2v) is 7.56. The molecule has 0 bridgehead atoms. The first-order valence-electron chi connectivity index (χ1n) is 9.22. The molecule has 1 aliphatic heterocycles. The predicted molar refractivity (Wildman–Crippen MR) is 101 cm³/mol. The van der Waals surface area contributed by atoms with Crippen molar-refractivity contribution in [3.05, 3.63) is 65.2 Å². The van der Waals surface area contributed by atoms with Crippen LogP contribution in [0.3, 0.4) is 0 Å². The monoisotopic (exact) mass is 351 g/mol. The number of aryl methyl sites for hydroxylation is 1. The summed E-state index contributed by atoms with van der Waals surface area (Å²) in [6.07, 6.45) is 3.55. The van der Waals surface area contributed by atoms with Crippen molar-refractivity contribution in [2.45, 2.75) is 50.2 Å². The molecule has 2 aromatic carbocycles. The van der Waals surface area contributed by atoms with E-state index in [0.29, 0.717) is 6.42 Å². The fraction of sp³-hybridized carbons (Fsp3) is 0.381. The van der Waals surface area contributed by atoms with Crippen molar-refractivity contribution in [2.24, 2.45) is 0 Å². The van der Waals surface area contributed by atoms with Crippen molar-refractivity contribution in [3.63, 3.8) is 0 Å². The van der Waals surface area contributed by atoms with E-state index in [4.69, 9.17) is 0 Å². The van der Waals surface area contributed by atoms with Crippen molar-refractivity contribution in [2.75, 3.05) is 0 Å². The van der Waals surface area contributed by atoms with Gasteiger partial charge in [0.15, 0.2) is 0 Å². The maximum absolute atomic E-state index is 12.8. The number of hydrogen-bond donors (Lipinski definition) is 4. The molecule has 5 nitrogen and oxygen atoms in total. The number of benzene rings is 2. The number of para-hydroxylation sites is 1. The molecular weight excluding hydrogens is 326 g/mol. The lowest BCUT2D eigenvalue weighted by Gasteiger charge is -2.21. The van der Waals surface area contributed by atoms with Crippen LogP contribution in [0.2, 0.25) is 0 Å². The molecule has 26 heavy (non-hydrogen) atoms. The van der Waals surface area contributed by atoms with Gasteiger partial charge in [0.25, 0.3) is 0 Å². The van der Waals surface area contributed by atoms with Gasteiger partial charge in [-0.25, -0.2) is 10.9 Å². The van der Waals surface area contributed by atoms with E-state index in [2.05, 4.69) is 41.3 Å². The SMILES string of the molecule is Cc1ccccc1CC1(NC(=O)C2CC(c3ccccc3O)NN2)CC1. The predicted octanol–water partition coefficient (Wildman–Crippen LogP) is 2.50. The Kier molecular flexibility index (Phi) is 4.42. The zero-order chi connectivity index (χ0) is 18.1. The lowest BCUT2D eigenvalue weighted by atomic mass is 9.98. The number of carbonyl (C=O) groups excluding carboxylic acids is 1. The standard InChI is InChI=1S/C21H25N3O2/c1-14-6-2-3-7-15(14)13-21(10-11-21)22-20(26)18-12-17(23-24-18)16-8-4-5-9-19(16)25/h2-9,17-18,23-25H,10-13H2,1H3,(H,22,26). The molecule has 0 aromatic heterocycles. The van der Waals surface area contributed by atoms with Gasteiger partial charge in [0.1, 0.15) is 11.8 Å². The van der Waals surface area contributed by atoms with Crippen molar-refractivity contribution in [1.29, 1.82) is 0 Å². The van der Waals surface area contributed by atoms with Gasteiger partial charge in [-0.1, -0.05) is 42.5 Å². The zero-order valence-corrected chi connectivity index (χ0v) is 15.0. The maximum atomic E-state index is 12.8. The fourth-order valence-electron chi connectivity index (χ4n) is 3.73. The molecule has 1 heterocycles. The summed E-state index contributed by atoms with van der Waals surface area (Å²) in [5.41, 5.74) is 9.51. The summed E-state index contributed by atoms with van der Waals surface area (Å²) in [4.78, 5) is 12.8. The first kappa shape index (κ1) is 17.1. The molecule has 2 aliphatic rings. The Morgan fingerprint density at radius 3 is 2.62 bits per heavy atom. The molecule has 1 saturated carbocycles. The van der Waals surface area contributed by atoms with E-state index in [1.165, 1.54) is 11.1 Å². The summed E-state index contributed by atoms with van der Waals surface area (Å²) in [5, 5.41) is 13.3. The topological polar surface area (TPSA) is 73.4 Å². The third kappa shape index (κ3) is 3.45. The van der Waals surface area contributed by atoms with Gasteiger partial charge < -0.3 is 10.4 Å². The molecule has 1 aliphatic carbocycles. The van der Waals surface area contributed by atoms with E-state index in [1.54, 1.807) is 12.1 Å². The van der Waals surface area contributed by atoms with E-state index in [-0.39, 0.29) is 29.3 Å². The fourth-order valence-corrected chi connectivity index (χ4v) is 3.73. The molecule has 2 fully saturated rings. The number of rotatable bonds is 5. The van der Waals surface area contributed by atoms with Crippen LogP contribution in [0.1, 0.15) is 42.0 Å². The summed E-state index contributed by atoms with van der Waals surface area (Å²) < 4.78 is 0. The summed E-state index contributed by atoms with van der Waals surface area (Å²) in [5.74, 6) is 0.285. The van der Waals surface area contributed by atoms with Gasteiger partial charge in [-0.05, 0) is 49.8 Å². The molecule has 5 heteroatoms. The normalized spacial score (nSPS) is 23.6. The van der Waals surface area contributed by atoms with Crippen LogP contribution in [0.15, 0.2) is 48.5 Å². The Morgan fingerprint density at radius 2 is 1.88 bits per heavy atom. The smallest absolute Gasteiger partial charge is 0.239 e. The highest BCUT2D eigenvalue weighted by molar-refractivity contribution is 5.83. The lowest BCUT2D eigenvalue weighted by molar-refractivity contribution is -0.123. The maximum Gasteiger partial charge on any atom is 0.239 e. The van der Waals surface area contributed by atoms with Crippen LogP contribution in [0, 0.1) is 6.92 Å². The van der Waals surface area contributed by atoms with Gasteiger partial charge >= 0.3 is 0 Å². The van der Waals surface area contributed by atoms with Crippen LogP contribution in [0.4, 0.5) is 0 Å². The lowest BCUT2D eigenvalue weighted by Crippen LogP contribution is -2.48. The second-order valence-electron chi connectivity index (χ2n) is 7.56. The molecular formula is C21H25N3O2. The summed E-state index contributed by atoms with van der Waals surface area (Å²) in [7, 11) is 0. The first-order valence-corrected chi connectivity index (χ1v) is 9.22. The number of aromatic hydroxyl groups is 1. The molecule has 4 rings (SSSR count). The minimum Gasteiger partial charge on any atom is -0.508 e. The van der Waals surface area contributed by atoms with Crippen molar-refractivity contribution >= 4 is 5.91 Å². The Morgan fingerprint density at radius 1 is 1.15 bits per heavy atom. The van der Waals surface area contributed by atoms with E-state index in [9.17, 15) is 9.90 Å². The van der Waals surface area contributed by atoms with Crippen molar-refractivity contribution in [3.8, 4) is 5.75 Å². The van der Waals surface area contributed by atoms with Crippen LogP contribution in [0.5, 0.6) is 5.75 Å². The Labute approximate surface area is 153 Å². The van der Waals surface area contributed by atoms with Gasteiger partial charge in [0.2, 0.25) is 5.91 Å². The molecule has 2 unspecified atom stereocenters. The Bertz CT molecular complexity index is 816. The average molecular weight is 351 g/mol. The highest BCUT2D eigenvalue weighted by Gasteiger charge is 2.45. The Balaban J connectivity index is 1.38. The minimum atomic E-state index is -0.297. The van der Waals surface area contributed by atoms with E-state index in [0.717, 1.165) is 24.8 Å². The molecule has 1 amide bonds. The second kappa shape index (κ2) is 6.74. The van der Waals surface area contributed by atoms with Gasteiger partial charge in [0.05, 0.1) is 6.04 Å². The third-order valence-electron chi connectivity index (χ3n) is 5.56. The van der Waals surface area contributed by atoms with E-state index in [1.807, 2.05) is 18.2 Å². The zero-order valence-electron chi connectivity index (χ0n) is 15.0. The van der Waals surface area contributed by atoms with E-state index < -0.39 is 0 Å². The molecule has 2 aromatic rings. The van der Waals surface area contributed by atoms with Crippen molar-refractivity contribution < 1.29 is 9.90 Å². The van der Waals surface area contributed by atoms with Crippen LogP contribution >= 0.6 is 0 Å². The van der Waals surface area contributed by atoms with Gasteiger partial charge in [-0.2, -0.15) is 0 Å². The summed E-state index contributed by atoms with van der Waals surface area (Å²) in [6, 6.07) is 15.2. The highest BCUT2D eigenvalue weighted by atomic mass is 16.3. The van der Waals surface area contributed by atoms with Crippen LogP contribution in [0.25, 0.3) is 0 Å². The van der Waals surface area contributed by atoms with Crippen molar-refractivity contribution in [1.82, 2.24) is 16.2 Å². The molecule has 0 radical (unpaired) electrons. The van der Waals surface area contributed by atoms with Gasteiger partial charge in [0, 0.05) is 11.1 Å². The number of phenolic OH excluding ortho intramolecular Hbond substituents is 1. The number of amides is 1. The highest BCUT2D eigenvalue weighted by Crippen LogP contribution is 2.39. The van der Waals surface area contributed by atoms with Crippen LogP contribution in [-0.4, -0.2) is 22.6 Å². The molecule has 136 valence electrons. The average Bonchev–Trinajstić information content (AvgIpc) is 3.19. The quantitative estimate of drug-likeness (QED) is 0.668. The minimum absolute atomic E-state index is 0.0292. The molecule has 0 spiro atoms. The van der Waals surface area contributed by atoms with E-state index >= 15 is 0 Å². The first-order chi connectivity index (χ1) is 12.6. The number of hydrogen-bond acceptors (Lipinski definition) is 4. The Hall–Kier alpha value is -2.37. The largest absolute Gasteiger partial charge is 0.508 e. The van der Waals surface area contributed by atoms with Crippen LogP contribution in [-0.2, 0) is 11.2 Å².